The van der Waals surface area contributed by atoms with Gasteiger partial charge in [0.15, 0.2) is 11.5 Å². The van der Waals surface area contributed by atoms with Crippen molar-refractivity contribution in [3.8, 4) is 11.5 Å². The van der Waals surface area contributed by atoms with Gasteiger partial charge in [0.1, 0.15) is 23.8 Å². The maximum atomic E-state index is 13.2. The van der Waals surface area contributed by atoms with Crippen molar-refractivity contribution in [3.05, 3.63) is 42.2 Å². The van der Waals surface area contributed by atoms with Crippen LogP contribution in [-0.2, 0) is 6.54 Å². The molecule has 6 nitrogen and oxygen atoms in total. The van der Waals surface area contributed by atoms with Crippen LogP contribution >= 0.6 is 0 Å². The van der Waals surface area contributed by atoms with E-state index in [1.807, 2.05) is 0 Å². The minimum Gasteiger partial charge on any atom is -0.493 e. The zero-order valence-electron chi connectivity index (χ0n) is 12.9. The normalized spacial score (nSPS) is 22.0. The number of methoxy groups -OCH3 is 1. The largest absolute Gasteiger partial charge is 0.493 e. The number of nitrogens with one attached hydrogen (secondary N) is 1. The summed E-state index contributed by atoms with van der Waals surface area (Å²) in [6.45, 7) is 1.94. The molecule has 2 heterocycles. The van der Waals surface area contributed by atoms with Gasteiger partial charge in [-0.3, -0.25) is 4.90 Å². The molecule has 2 aromatic rings. The summed E-state index contributed by atoms with van der Waals surface area (Å²) in [6, 6.07) is 4.11. The van der Waals surface area contributed by atoms with Crippen LogP contribution in [0.1, 0.15) is 12.2 Å². The summed E-state index contributed by atoms with van der Waals surface area (Å²) in [5.74, 6) is 1.26. The highest BCUT2D eigenvalue weighted by molar-refractivity contribution is 5.40. The quantitative estimate of drug-likeness (QED) is 0.875. The van der Waals surface area contributed by atoms with Crippen LogP contribution in [0.2, 0.25) is 0 Å². The lowest BCUT2D eigenvalue weighted by molar-refractivity contribution is -0.0288. The summed E-state index contributed by atoms with van der Waals surface area (Å²) < 4.78 is 24.2. The molecule has 1 aliphatic heterocycles. The Balaban J connectivity index is 1.60. The average molecular weight is 321 g/mol. The predicted molar refractivity (Wildman–Crippen MR) is 81.9 cm³/mol. The SMILES string of the molecule is COc1cc(F)ccc1O[C@@H]1CCN(Cc2ncc[nH]2)C[C@H]1O. The van der Waals surface area contributed by atoms with Crippen molar-refractivity contribution in [1.82, 2.24) is 14.9 Å². The molecule has 0 aliphatic carbocycles. The number of hydrogen-bond donors (Lipinski definition) is 2. The van der Waals surface area contributed by atoms with Crippen molar-refractivity contribution < 1.29 is 19.0 Å². The second-order valence-corrected chi connectivity index (χ2v) is 5.58. The number of rotatable bonds is 5. The number of aromatic nitrogens is 2. The van der Waals surface area contributed by atoms with Crippen molar-refractivity contribution in [2.75, 3.05) is 20.2 Å². The zero-order chi connectivity index (χ0) is 16.2. The van der Waals surface area contributed by atoms with Crippen LogP contribution in [0.25, 0.3) is 0 Å². The molecule has 0 unspecified atom stereocenters. The van der Waals surface area contributed by atoms with Crippen molar-refractivity contribution in [1.29, 1.82) is 0 Å². The summed E-state index contributed by atoms with van der Waals surface area (Å²) in [7, 11) is 1.46. The van der Waals surface area contributed by atoms with E-state index in [2.05, 4.69) is 14.9 Å². The number of hydrogen-bond acceptors (Lipinski definition) is 5. The van der Waals surface area contributed by atoms with E-state index in [-0.39, 0.29) is 11.9 Å². The van der Waals surface area contributed by atoms with Crippen molar-refractivity contribution >= 4 is 0 Å². The number of aliphatic hydroxyl groups excluding tert-OH is 1. The first kappa shape index (κ1) is 15.8. The maximum absolute atomic E-state index is 13.2. The monoisotopic (exact) mass is 321 g/mol. The van der Waals surface area contributed by atoms with Gasteiger partial charge in [0.05, 0.1) is 13.7 Å². The minimum atomic E-state index is -0.631. The lowest BCUT2D eigenvalue weighted by Crippen LogP contribution is -2.48. The highest BCUT2D eigenvalue weighted by Crippen LogP contribution is 2.30. The molecule has 7 heteroatoms. The summed E-state index contributed by atoms with van der Waals surface area (Å²) in [4.78, 5) is 9.36. The van der Waals surface area contributed by atoms with E-state index in [0.29, 0.717) is 31.0 Å². The molecular weight excluding hydrogens is 301 g/mol. The molecule has 1 saturated heterocycles. The Bertz CT molecular complexity index is 636. The van der Waals surface area contributed by atoms with Crippen molar-refractivity contribution in [2.45, 2.75) is 25.2 Å². The minimum absolute atomic E-state index is 0.329. The zero-order valence-corrected chi connectivity index (χ0v) is 12.9. The second kappa shape index (κ2) is 6.97. The number of imidazole rings is 1. The van der Waals surface area contributed by atoms with Crippen LogP contribution in [0.3, 0.4) is 0 Å². The van der Waals surface area contributed by atoms with Gasteiger partial charge in [-0.15, -0.1) is 0 Å². The van der Waals surface area contributed by atoms with E-state index < -0.39 is 6.10 Å². The summed E-state index contributed by atoms with van der Waals surface area (Å²) in [5.41, 5.74) is 0. The molecule has 2 N–H and O–H groups in total. The number of aliphatic hydroxyl groups is 1. The molecule has 0 spiro atoms. The Labute approximate surface area is 133 Å². The van der Waals surface area contributed by atoms with Gasteiger partial charge in [-0.05, 0) is 18.6 Å². The molecule has 0 bridgehead atoms. The molecule has 0 radical (unpaired) electrons. The first-order valence-electron chi connectivity index (χ1n) is 7.54. The van der Waals surface area contributed by atoms with Crippen LogP contribution in [-0.4, -0.2) is 52.4 Å². The van der Waals surface area contributed by atoms with Crippen molar-refractivity contribution in [3.63, 3.8) is 0 Å². The van der Waals surface area contributed by atoms with Gasteiger partial charge < -0.3 is 19.6 Å². The molecule has 23 heavy (non-hydrogen) atoms. The lowest BCUT2D eigenvalue weighted by atomic mass is 10.0. The number of β-amino-alcohol motifs (C(OH)–C–C–N with tert-alkyl or cyclic N) is 1. The number of H-pyrrole nitrogens is 1. The molecule has 2 atom stereocenters. The third kappa shape index (κ3) is 3.80. The molecule has 0 saturated carbocycles. The highest BCUT2D eigenvalue weighted by Gasteiger charge is 2.30. The number of likely N-dealkylation sites (tertiary alicyclic amines) is 1. The fraction of sp³-hybridized carbons (Fsp3) is 0.438. The molecule has 124 valence electrons. The van der Waals surface area contributed by atoms with Crippen LogP contribution in [0, 0.1) is 5.82 Å². The van der Waals surface area contributed by atoms with Crippen LogP contribution in [0.4, 0.5) is 4.39 Å². The van der Waals surface area contributed by atoms with E-state index in [1.54, 1.807) is 12.4 Å². The number of aromatic amines is 1. The van der Waals surface area contributed by atoms with Gasteiger partial charge in [-0.2, -0.15) is 0 Å². The summed E-state index contributed by atoms with van der Waals surface area (Å²) >= 11 is 0. The van der Waals surface area contributed by atoms with Gasteiger partial charge in [-0.1, -0.05) is 0 Å². The van der Waals surface area contributed by atoms with Gasteiger partial charge in [0.25, 0.3) is 0 Å². The van der Waals surface area contributed by atoms with E-state index in [1.165, 1.54) is 25.3 Å². The molecule has 1 aliphatic rings. The Kier molecular flexibility index (Phi) is 4.78. The predicted octanol–water partition coefficient (Wildman–Crippen LogP) is 1.57. The number of benzene rings is 1. The second-order valence-electron chi connectivity index (χ2n) is 5.58. The molecule has 1 aromatic heterocycles. The average Bonchev–Trinajstić information content (AvgIpc) is 3.04. The fourth-order valence-electron chi connectivity index (χ4n) is 2.75. The lowest BCUT2D eigenvalue weighted by Gasteiger charge is -2.35. The molecular formula is C16H20FN3O3. The Morgan fingerprint density at radius 2 is 2.30 bits per heavy atom. The van der Waals surface area contributed by atoms with E-state index in [0.717, 1.165) is 12.4 Å². The van der Waals surface area contributed by atoms with Gasteiger partial charge in [-0.25, -0.2) is 9.37 Å². The number of piperidine rings is 1. The van der Waals surface area contributed by atoms with Crippen LogP contribution < -0.4 is 9.47 Å². The third-order valence-corrected chi connectivity index (χ3v) is 3.94. The van der Waals surface area contributed by atoms with E-state index >= 15 is 0 Å². The van der Waals surface area contributed by atoms with Crippen LogP contribution in [0.5, 0.6) is 11.5 Å². The van der Waals surface area contributed by atoms with Crippen molar-refractivity contribution in [2.24, 2.45) is 0 Å². The maximum Gasteiger partial charge on any atom is 0.163 e. The first-order valence-corrected chi connectivity index (χ1v) is 7.54. The van der Waals surface area contributed by atoms with Gasteiger partial charge >= 0.3 is 0 Å². The van der Waals surface area contributed by atoms with Crippen LogP contribution in [0.15, 0.2) is 30.6 Å². The third-order valence-electron chi connectivity index (χ3n) is 3.94. The van der Waals surface area contributed by atoms with E-state index in [9.17, 15) is 9.50 Å². The summed E-state index contributed by atoms with van der Waals surface area (Å²) in [6.07, 6.45) is 3.18. The summed E-state index contributed by atoms with van der Waals surface area (Å²) in [5, 5.41) is 10.3. The molecule has 0 amide bonds. The smallest absolute Gasteiger partial charge is 0.163 e. The van der Waals surface area contributed by atoms with E-state index in [4.69, 9.17) is 9.47 Å². The number of nitrogens with zero attached hydrogens (tertiary/aromatic N) is 2. The fourth-order valence-corrected chi connectivity index (χ4v) is 2.75. The number of ether oxygens (including phenoxy) is 2. The standard InChI is InChI=1S/C16H20FN3O3/c1-22-15-8-11(17)2-3-14(15)23-13-4-7-20(9-12(13)21)10-16-18-5-6-19-16/h2-3,5-6,8,12-13,21H,4,7,9-10H2,1H3,(H,18,19)/t12-,13-/m1/s1. The Morgan fingerprint density at radius 1 is 1.43 bits per heavy atom. The first-order chi connectivity index (χ1) is 11.2. The Hall–Kier alpha value is -2.12. The topological polar surface area (TPSA) is 70.6 Å². The molecule has 1 aromatic carbocycles. The molecule has 1 fully saturated rings. The van der Waals surface area contributed by atoms with Gasteiger partial charge in [0.2, 0.25) is 0 Å². The Morgan fingerprint density at radius 3 is 3.00 bits per heavy atom. The molecule has 3 rings (SSSR count). The van der Waals surface area contributed by atoms with Gasteiger partial charge in [0, 0.05) is 31.5 Å². The highest BCUT2D eigenvalue weighted by atomic mass is 19.1. The number of halogens is 1.